The molecule has 0 unspecified atom stereocenters. The predicted octanol–water partition coefficient (Wildman–Crippen LogP) is 2.72. The van der Waals surface area contributed by atoms with Gasteiger partial charge in [-0.15, -0.1) is 24.0 Å². The number of amides is 1. The fraction of sp³-hybridized carbons (Fsp3) is 0.895. The van der Waals surface area contributed by atoms with Crippen molar-refractivity contribution in [1.82, 2.24) is 15.5 Å². The van der Waals surface area contributed by atoms with Crippen molar-refractivity contribution >= 4 is 47.6 Å². The number of hydrogen-bond donors (Lipinski definition) is 2. The molecule has 2 rings (SSSR count). The molecule has 158 valence electrons. The highest BCUT2D eigenvalue weighted by Crippen LogP contribution is 2.35. The molecule has 0 spiro atoms. The molecule has 2 saturated heterocycles. The third-order valence-electron chi connectivity index (χ3n) is 5.37. The molecule has 0 aromatic carbocycles. The summed E-state index contributed by atoms with van der Waals surface area (Å²) < 4.78 is 5.80. The van der Waals surface area contributed by atoms with Crippen molar-refractivity contribution in [2.45, 2.75) is 50.7 Å². The first-order valence-electron chi connectivity index (χ1n) is 10.1. The van der Waals surface area contributed by atoms with Gasteiger partial charge in [0.05, 0.1) is 6.54 Å². The van der Waals surface area contributed by atoms with E-state index in [1.165, 1.54) is 0 Å². The summed E-state index contributed by atoms with van der Waals surface area (Å²) in [6.07, 6.45) is 4.93. The number of carbonyl (C=O) groups is 1. The number of nitrogens with zero attached hydrogens (tertiary/aromatic N) is 2. The van der Waals surface area contributed by atoms with Crippen molar-refractivity contribution < 1.29 is 9.53 Å². The van der Waals surface area contributed by atoms with Crippen molar-refractivity contribution in [2.75, 3.05) is 52.2 Å². The second-order valence-corrected chi connectivity index (χ2v) is 8.94. The molecule has 8 heteroatoms. The number of hydrogen-bond acceptors (Lipinski definition) is 4. The van der Waals surface area contributed by atoms with E-state index in [9.17, 15) is 4.79 Å². The molecule has 2 N–H and O–H groups in total. The molecular formula is C19H37IN4O2S. The third-order valence-corrected chi connectivity index (χ3v) is 6.81. The number of halogens is 1. The smallest absolute Gasteiger partial charge is 0.220 e. The molecule has 0 aliphatic carbocycles. The van der Waals surface area contributed by atoms with Crippen molar-refractivity contribution in [3.8, 4) is 0 Å². The highest BCUT2D eigenvalue weighted by Gasteiger charge is 2.33. The molecular weight excluding hydrogens is 475 g/mol. The van der Waals surface area contributed by atoms with E-state index < -0.39 is 0 Å². The molecule has 0 atom stereocenters. The van der Waals surface area contributed by atoms with Gasteiger partial charge >= 0.3 is 0 Å². The normalized spacial score (nSPS) is 20.7. The second-order valence-electron chi connectivity index (χ2n) is 7.21. The minimum Gasteiger partial charge on any atom is -0.381 e. The van der Waals surface area contributed by atoms with E-state index in [1.807, 2.05) is 11.8 Å². The maximum Gasteiger partial charge on any atom is 0.220 e. The van der Waals surface area contributed by atoms with Crippen LogP contribution in [0.3, 0.4) is 0 Å². The van der Waals surface area contributed by atoms with Gasteiger partial charge in [-0.1, -0.05) is 6.92 Å². The Morgan fingerprint density at radius 1 is 1.26 bits per heavy atom. The standard InChI is InChI=1S/C19H36N4O2S.HI/c1-4-21-18(22-15-19(26-5-2)8-12-25-13-9-19)23-10-6-16(7-11-23)14-17(24)20-3;/h16H,4-15H2,1-3H3,(H,20,24)(H,21,22);1H. The Morgan fingerprint density at radius 2 is 1.93 bits per heavy atom. The van der Waals surface area contributed by atoms with Crippen molar-refractivity contribution in [3.63, 3.8) is 0 Å². The van der Waals surface area contributed by atoms with Crippen LogP contribution >= 0.6 is 35.7 Å². The molecule has 2 heterocycles. The van der Waals surface area contributed by atoms with Crippen LogP contribution in [0.1, 0.15) is 46.0 Å². The lowest BCUT2D eigenvalue weighted by molar-refractivity contribution is -0.121. The molecule has 2 aliphatic rings. The van der Waals surface area contributed by atoms with Crippen LogP contribution in [0.25, 0.3) is 0 Å². The fourth-order valence-corrected chi connectivity index (χ4v) is 4.98. The van der Waals surface area contributed by atoms with Crippen LogP contribution in [0.15, 0.2) is 4.99 Å². The summed E-state index contributed by atoms with van der Waals surface area (Å²) in [7, 11) is 1.72. The van der Waals surface area contributed by atoms with E-state index in [1.54, 1.807) is 7.05 Å². The number of aliphatic imine (C=N–C) groups is 1. The number of rotatable bonds is 7. The van der Waals surface area contributed by atoms with Crippen molar-refractivity contribution in [3.05, 3.63) is 0 Å². The number of carbonyl (C=O) groups excluding carboxylic acids is 1. The lowest BCUT2D eigenvalue weighted by Crippen LogP contribution is -2.47. The molecule has 27 heavy (non-hydrogen) atoms. The van der Waals surface area contributed by atoms with Gasteiger partial charge < -0.3 is 20.3 Å². The molecule has 6 nitrogen and oxygen atoms in total. The van der Waals surface area contributed by atoms with Crippen LogP contribution in [-0.4, -0.2) is 73.7 Å². The zero-order valence-electron chi connectivity index (χ0n) is 17.1. The Hall–Kier alpha value is -0.220. The van der Waals surface area contributed by atoms with E-state index in [4.69, 9.17) is 9.73 Å². The number of nitrogens with one attached hydrogen (secondary N) is 2. The molecule has 0 saturated carbocycles. The summed E-state index contributed by atoms with van der Waals surface area (Å²) in [4.78, 5) is 19.0. The SMILES string of the molecule is CCNC(=NCC1(SCC)CCOCC1)N1CCC(CC(=O)NC)CC1.I. The number of thioether (sulfide) groups is 1. The second kappa shape index (κ2) is 13.1. The Kier molecular flexibility index (Phi) is 12.0. The predicted molar refractivity (Wildman–Crippen MR) is 125 cm³/mol. The van der Waals surface area contributed by atoms with Gasteiger partial charge in [0, 0.05) is 51.1 Å². The van der Waals surface area contributed by atoms with Gasteiger partial charge in [0.25, 0.3) is 0 Å². The van der Waals surface area contributed by atoms with Gasteiger partial charge in [0.2, 0.25) is 5.91 Å². The van der Waals surface area contributed by atoms with Gasteiger partial charge in [-0.25, -0.2) is 0 Å². The molecule has 2 aliphatic heterocycles. The van der Waals surface area contributed by atoms with Gasteiger partial charge in [0.15, 0.2) is 5.96 Å². The largest absolute Gasteiger partial charge is 0.381 e. The van der Waals surface area contributed by atoms with Crippen LogP contribution in [0.2, 0.25) is 0 Å². The quantitative estimate of drug-likeness (QED) is 0.312. The van der Waals surface area contributed by atoms with Crippen LogP contribution in [-0.2, 0) is 9.53 Å². The summed E-state index contributed by atoms with van der Waals surface area (Å²) in [6.45, 7) is 9.75. The van der Waals surface area contributed by atoms with E-state index in [0.717, 1.165) is 76.8 Å². The Balaban J connectivity index is 0.00000364. The van der Waals surface area contributed by atoms with E-state index in [2.05, 4.69) is 29.4 Å². The molecule has 0 radical (unpaired) electrons. The average Bonchev–Trinajstić information content (AvgIpc) is 2.67. The molecule has 0 aromatic rings. The Morgan fingerprint density at radius 3 is 2.48 bits per heavy atom. The van der Waals surface area contributed by atoms with Crippen LogP contribution in [0, 0.1) is 5.92 Å². The number of likely N-dealkylation sites (tertiary alicyclic amines) is 1. The maximum absolute atomic E-state index is 11.6. The van der Waals surface area contributed by atoms with Gasteiger partial charge in [-0.2, -0.15) is 11.8 Å². The van der Waals surface area contributed by atoms with Gasteiger partial charge in [-0.05, 0) is 44.3 Å². The summed E-state index contributed by atoms with van der Waals surface area (Å²) in [5, 5.41) is 6.21. The lowest BCUT2D eigenvalue weighted by Gasteiger charge is -2.37. The summed E-state index contributed by atoms with van der Waals surface area (Å²) in [5.74, 6) is 2.80. The fourth-order valence-electron chi connectivity index (χ4n) is 3.76. The highest BCUT2D eigenvalue weighted by atomic mass is 127. The number of guanidine groups is 1. The first-order valence-corrected chi connectivity index (χ1v) is 11.1. The van der Waals surface area contributed by atoms with Crippen molar-refractivity contribution in [1.29, 1.82) is 0 Å². The van der Waals surface area contributed by atoms with E-state index in [0.29, 0.717) is 12.3 Å². The highest BCUT2D eigenvalue weighted by molar-refractivity contribution is 14.0. The molecule has 0 aromatic heterocycles. The first-order chi connectivity index (χ1) is 12.6. The third kappa shape index (κ3) is 7.97. The first kappa shape index (κ1) is 24.8. The van der Waals surface area contributed by atoms with Gasteiger partial charge in [-0.3, -0.25) is 9.79 Å². The lowest BCUT2D eigenvalue weighted by atomic mass is 9.93. The van der Waals surface area contributed by atoms with Gasteiger partial charge in [0.1, 0.15) is 0 Å². The molecule has 2 fully saturated rings. The van der Waals surface area contributed by atoms with E-state index >= 15 is 0 Å². The van der Waals surface area contributed by atoms with Crippen LogP contribution in [0.5, 0.6) is 0 Å². The van der Waals surface area contributed by atoms with Crippen LogP contribution in [0.4, 0.5) is 0 Å². The van der Waals surface area contributed by atoms with Crippen LogP contribution < -0.4 is 10.6 Å². The summed E-state index contributed by atoms with van der Waals surface area (Å²) in [6, 6.07) is 0. The minimum absolute atomic E-state index is 0. The molecule has 0 bridgehead atoms. The molecule has 1 amide bonds. The number of ether oxygens (including phenoxy) is 1. The number of piperidine rings is 1. The van der Waals surface area contributed by atoms with Crippen molar-refractivity contribution in [2.24, 2.45) is 10.9 Å². The summed E-state index contributed by atoms with van der Waals surface area (Å²) in [5.41, 5.74) is 0. The Bertz CT molecular complexity index is 459. The Labute approximate surface area is 186 Å². The van der Waals surface area contributed by atoms with E-state index in [-0.39, 0.29) is 34.6 Å². The zero-order chi connectivity index (χ0) is 18.8. The topological polar surface area (TPSA) is 66.0 Å². The maximum atomic E-state index is 11.6. The zero-order valence-corrected chi connectivity index (χ0v) is 20.2. The minimum atomic E-state index is 0. The summed E-state index contributed by atoms with van der Waals surface area (Å²) >= 11 is 2.04. The average molecular weight is 513 g/mol. The monoisotopic (exact) mass is 512 g/mol.